The van der Waals surface area contributed by atoms with Gasteiger partial charge >= 0.3 is 0 Å². The maximum Gasteiger partial charge on any atom is 0.244 e. The molecule has 0 saturated heterocycles. The van der Waals surface area contributed by atoms with E-state index >= 15 is 0 Å². The van der Waals surface area contributed by atoms with Crippen molar-refractivity contribution in [2.24, 2.45) is 5.92 Å². The Morgan fingerprint density at radius 3 is 2.30 bits per heavy atom. The fourth-order valence-corrected chi connectivity index (χ4v) is 6.22. The Kier molecular flexibility index (Phi) is 11.1. The summed E-state index contributed by atoms with van der Waals surface area (Å²) in [6.07, 6.45) is 0.259. The average Bonchev–Trinajstić information content (AvgIpc) is 3.00. The molecule has 43 heavy (non-hydrogen) atoms. The highest BCUT2D eigenvalue weighted by atomic mass is 79.9. The molecule has 0 bridgehead atoms. The first-order valence-corrected chi connectivity index (χ1v) is 16.7. The number of hydrogen-bond acceptors (Lipinski definition) is 6. The van der Waals surface area contributed by atoms with Crippen LogP contribution >= 0.6 is 15.9 Å². The number of anilines is 1. The second-order valence-corrected chi connectivity index (χ2v) is 13.8. The summed E-state index contributed by atoms with van der Waals surface area (Å²) in [7, 11) is -3.89. The number of rotatable bonds is 13. The van der Waals surface area contributed by atoms with Gasteiger partial charge in [0.05, 0.1) is 11.4 Å². The fraction of sp³-hybridized carbons (Fsp3) is 0.375. The van der Waals surface area contributed by atoms with Crippen LogP contribution < -0.4 is 19.1 Å². The number of benzene rings is 3. The minimum Gasteiger partial charge on any atom is -0.486 e. The van der Waals surface area contributed by atoms with Crippen molar-refractivity contribution < 1.29 is 27.5 Å². The maximum atomic E-state index is 14.3. The van der Waals surface area contributed by atoms with Gasteiger partial charge in [-0.1, -0.05) is 72.2 Å². The number of hydrogen-bond donors (Lipinski definition) is 1. The van der Waals surface area contributed by atoms with E-state index in [0.717, 1.165) is 19.9 Å². The fourth-order valence-electron chi connectivity index (χ4n) is 4.72. The Hall–Kier alpha value is -3.57. The summed E-state index contributed by atoms with van der Waals surface area (Å²) in [6, 6.07) is 20.9. The summed E-state index contributed by atoms with van der Waals surface area (Å²) in [5.74, 6) is 0.0983. The Morgan fingerprint density at radius 1 is 0.930 bits per heavy atom. The lowest BCUT2D eigenvalue weighted by molar-refractivity contribution is -0.140. The Labute approximate surface area is 262 Å². The van der Waals surface area contributed by atoms with E-state index in [-0.39, 0.29) is 36.2 Å². The molecule has 0 aromatic heterocycles. The normalized spacial score (nSPS) is 13.3. The third-order valence-electron chi connectivity index (χ3n) is 6.99. The summed E-state index contributed by atoms with van der Waals surface area (Å²) in [4.78, 5) is 29.5. The van der Waals surface area contributed by atoms with Crippen LogP contribution in [0.15, 0.2) is 77.3 Å². The first kappa shape index (κ1) is 32.3. The van der Waals surface area contributed by atoms with Crippen LogP contribution in [0.1, 0.15) is 31.9 Å². The van der Waals surface area contributed by atoms with Gasteiger partial charge in [-0.3, -0.25) is 13.9 Å². The van der Waals surface area contributed by atoms with Crippen molar-refractivity contribution in [3.63, 3.8) is 0 Å². The van der Waals surface area contributed by atoms with E-state index < -0.39 is 28.5 Å². The van der Waals surface area contributed by atoms with Gasteiger partial charge in [-0.05, 0) is 48.2 Å². The van der Waals surface area contributed by atoms with Crippen molar-refractivity contribution in [3.8, 4) is 11.5 Å². The van der Waals surface area contributed by atoms with Crippen LogP contribution in [-0.2, 0) is 32.6 Å². The van der Waals surface area contributed by atoms with E-state index in [9.17, 15) is 18.0 Å². The molecule has 1 unspecified atom stereocenters. The van der Waals surface area contributed by atoms with Gasteiger partial charge in [0.15, 0.2) is 11.5 Å². The first-order valence-electron chi connectivity index (χ1n) is 14.3. The number of nitrogens with one attached hydrogen (secondary N) is 1. The van der Waals surface area contributed by atoms with Crippen LogP contribution in [0, 0.1) is 5.92 Å². The highest BCUT2D eigenvalue weighted by molar-refractivity contribution is 9.10. The third kappa shape index (κ3) is 8.73. The molecule has 0 aliphatic carbocycles. The Morgan fingerprint density at radius 2 is 1.63 bits per heavy atom. The number of amides is 2. The SMILES string of the molecule is CCS(=O)(=O)N(CC(=O)N(Cc1cccc(Br)c1)C(Cc1ccccc1)C(=O)NCC(C)C)c1ccc2c(c1)OCCO2. The molecule has 0 radical (unpaired) electrons. The van der Waals surface area contributed by atoms with Crippen LogP contribution in [0.4, 0.5) is 5.69 Å². The van der Waals surface area contributed by atoms with Crippen molar-refractivity contribution in [2.45, 2.75) is 39.8 Å². The van der Waals surface area contributed by atoms with Gasteiger partial charge in [0.25, 0.3) is 0 Å². The molecule has 3 aromatic rings. The van der Waals surface area contributed by atoms with Gasteiger partial charge in [0.2, 0.25) is 21.8 Å². The molecule has 2 amide bonds. The van der Waals surface area contributed by atoms with Gasteiger partial charge in [0.1, 0.15) is 25.8 Å². The minimum atomic E-state index is -3.89. The molecule has 9 nitrogen and oxygen atoms in total. The molecule has 1 aliphatic rings. The lowest BCUT2D eigenvalue weighted by Gasteiger charge is -2.34. The number of carbonyl (C=O) groups is 2. The third-order valence-corrected chi connectivity index (χ3v) is 9.23. The molecule has 3 aromatic carbocycles. The van der Waals surface area contributed by atoms with Crippen molar-refractivity contribution in [1.82, 2.24) is 10.2 Å². The number of halogens is 1. The topological polar surface area (TPSA) is 105 Å². The second kappa shape index (κ2) is 14.7. The molecule has 0 saturated carbocycles. The molecule has 4 rings (SSSR count). The van der Waals surface area contributed by atoms with E-state index in [0.29, 0.717) is 31.3 Å². The standard InChI is InChI=1S/C32H38BrN3O6S/c1-4-43(39,40)36(27-13-14-29-30(19-27)42-16-15-41-29)22-31(37)35(21-25-11-8-12-26(33)17-25)28(32(38)34-20-23(2)3)18-24-9-6-5-7-10-24/h5-14,17,19,23,28H,4,15-16,18,20-22H2,1-3H3,(H,34,38). The van der Waals surface area contributed by atoms with E-state index in [1.165, 1.54) is 11.8 Å². The van der Waals surface area contributed by atoms with Gasteiger partial charge in [-0.15, -0.1) is 0 Å². The quantitative estimate of drug-likeness (QED) is 0.280. The molecule has 11 heteroatoms. The van der Waals surface area contributed by atoms with Crippen molar-refractivity contribution in [3.05, 3.63) is 88.4 Å². The van der Waals surface area contributed by atoms with Crippen LogP contribution in [0.2, 0.25) is 0 Å². The summed E-state index contributed by atoms with van der Waals surface area (Å²) in [5, 5.41) is 2.99. The van der Waals surface area contributed by atoms with Crippen LogP contribution in [0.3, 0.4) is 0 Å². The number of carbonyl (C=O) groups excluding carboxylic acids is 2. The van der Waals surface area contributed by atoms with E-state index in [2.05, 4.69) is 21.2 Å². The van der Waals surface area contributed by atoms with Gasteiger partial charge in [0, 0.05) is 30.0 Å². The van der Waals surface area contributed by atoms with E-state index in [1.54, 1.807) is 18.2 Å². The highest BCUT2D eigenvalue weighted by Gasteiger charge is 2.34. The van der Waals surface area contributed by atoms with Crippen LogP contribution in [0.5, 0.6) is 11.5 Å². The largest absolute Gasteiger partial charge is 0.486 e. The molecular formula is C32H38BrN3O6S. The average molecular weight is 673 g/mol. The molecule has 230 valence electrons. The predicted molar refractivity (Wildman–Crippen MR) is 171 cm³/mol. The lowest BCUT2D eigenvalue weighted by atomic mass is 10.0. The number of fused-ring (bicyclic) bond motifs is 1. The molecule has 1 aliphatic heterocycles. The molecule has 0 fully saturated rings. The van der Waals surface area contributed by atoms with Crippen molar-refractivity contribution >= 4 is 43.5 Å². The number of nitrogens with zero attached hydrogens (tertiary/aromatic N) is 2. The highest BCUT2D eigenvalue weighted by Crippen LogP contribution is 2.35. The zero-order valence-electron chi connectivity index (χ0n) is 24.7. The molecule has 1 heterocycles. The monoisotopic (exact) mass is 671 g/mol. The minimum absolute atomic E-state index is 0.103. The molecular weight excluding hydrogens is 634 g/mol. The molecule has 1 N–H and O–H groups in total. The van der Waals surface area contributed by atoms with Gasteiger partial charge < -0.3 is 19.7 Å². The summed E-state index contributed by atoms with van der Waals surface area (Å²) >= 11 is 3.49. The Bertz CT molecular complexity index is 1520. The number of sulfonamides is 1. The van der Waals surface area contributed by atoms with Gasteiger partial charge in [-0.25, -0.2) is 8.42 Å². The summed E-state index contributed by atoms with van der Waals surface area (Å²) in [5.41, 5.74) is 1.96. The van der Waals surface area contributed by atoms with E-state index in [1.807, 2.05) is 68.4 Å². The van der Waals surface area contributed by atoms with Crippen molar-refractivity contribution in [1.29, 1.82) is 0 Å². The Balaban J connectivity index is 1.74. The molecule has 1 atom stereocenters. The second-order valence-electron chi connectivity index (χ2n) is 10.7. The summed E-state index contributed by atoms with van der Waals surface area (Å²) < 4.78 is 40.0. The summed E-state index contributed by atoms with van der Waals surface area (Å²) in [6.45, 7) is 6.31. The zero-order chi connectivity index (χ0) is 31.0. The lowest BCUT2D eigenvalue weighted by Crippen LogP contribution is -2.54. The smallest absolute Gasteiger partial charge is 0.244 e. The first-order chi connectivity index (χ1) is 20.6. The van der Waals surface area contributed by atoms with Crippen molar-refractivity contribution in [2.75, 3.05) is 36.4 Å². The van der Waals surface area contributed by atoms with Crippen LogP contribution in [-0.4, -0.2) is 63.2 Å². The predicted octanol–water partition coefficient (Wildman–Crippen LogP) is 4.79. The van der Waals surface area contributed by atoms with E-state index in [4.69, 9.17) is 9.47 Å². The zero-order valence-corrected chi connectivity index (χ0v) is 27.1. The molecule has 0 spiro atoms. The maximum absolute atomic E-state index is 14.3. The van der Waals surface area contributed by atoms with Gasteiger partial charge in [-0.2, -0.15) is 0 Å². The number of ether oxygens (including phenoxy) is 2. The van der Waals surface area contributed by atoms with Crippen LogP contribution in [0.25, 0.3) is 0 Å².